The van der Waals surface area contributed by atoms with Crippen molar-refractivity contribution in [2.45, 2.75) is 76.7 Å². The fourth-order valence-electron chi connectivity index (χ4n) is 3.73. The van der Waals surface area contributed by atoms with Crippen molar-refractivity contribution < 1.29 is 4.74 Å². The Labute approximate surface area is 112 Å². The Balaban J connectivity index is 2.01. The van der Waals surface area contributed by atoms with E-state index in [1.165, 1.54) is 38.5 Å². The summed E-state index contributed by atoms with van der Waals surface area (Å²) in [6.45, 7) is 6.63. The molecule has 106 valence electrons. The molecule has 0 amide bonds. The van der Waals surface area contributed by atoms with Crippen LogP contribution in [0.3, 0.4) is 0 Å². The van der Waals surface area contributed by atoms with Crippen molar-refractivity contribution in [2.24, 2.45) is 0 Å². The molecule has 2 aliphatic rings. The Morgan fingerprint density at radius 2 is 1.56 bits per heavy atom. The largest absolute Gasteiger partial charge is 0.373 e. The number of hydrogen-bond donors (Lipinski definition) is 1. The summed E-state index contributed by atoms with van der Waals surface area (Å²) in [6, 6.07) is 1.38. The summed E-state index contributed by atoms with van der Waals surface area (Å²) < 4.78 is 5.87. The number of ether oxygens (including phenoxy) is 1. The smallest absolute Gasteiger partial charge is 0.0678 e. The molecule has 1 saturated carbocycles. The van der Waals surface area contributed by atoms with E-state index in [0.717, 1.165) is 13.1 Å². The van der Waals surface area contributed by atoms with E-state index in [4.69, 9.17) is 4.74 Å². The molecule has 1 saturated heterocycles. The molecule has 3 heteroatoms. The fourth-order valence-corrected chi connectivity index (χ4v) is 3.73. The molecule has 0 spiro atoms. The van der Waals surface area contributed by atoms with E-state index < -0.39 is 0 Å². The van der Waals surface area contributed by atoms with Crippen LogP contribution in [0.5, 0.6) is 0 Å². The molecule has 4 atom stereocenters. The zero-order chi connectivity index (χ0) is 13.0. The Bertz CT molecular complexity index is 237. The molecule has 2 fully saturated rings. The predicted octanol–water partition coefficient (Wildman–Crippen LogP) is 2.41. The first-order valence-corrected chi connectivity index (χ1v) is 7.77. The molecule has 0 radical (unpaired) electrons. The van der Waals surface area contributed by atoms with Gasteiger partial charge in [-0.1, -0.05) is 25.7 Å². The van der Waals surface area contributed by atoms with Gasteiger partial charge in [0, 0.05) is 25.2 Å². The molecule has 1 N–H and O–H groups in total. The minimum absolute atomic E-state index is 0.386. The highest BCUT2D eigenvalue weighted by Gasteiger charge is 2.32. The van der Waals surface area contributed by atoms with Crippen LogP contribution in [0, 0.1) is 0 Å². The van der Waals surface area contributed by atoms with Crippen molar-refractivity contribution in [3.8, 4) is 0 Å². The first-order chi connectivity index (χ1) is 8.70. The lowest BCUT2D eigenvalue weighted by molar-refractivity contribution is -0.0860. The predicted molar refractivity (Wildman–Crippen MR) is 75.9 cm³/mol. The van der Waals surface area contributed by atoms with Gasteiger partial charge in [0.1, 0.15) is 0 Å². The van der Waals surface area contributed by atoms with Gasteiger partial charge in [-0.15, -0.1) is 0 Å². The molecule has 1 heterocycles. The number of nitrogens with one attached hydrogen (secondary N) is 1. The van der Waals surface area contributed by atoms with E-state index >= 15 is 0 Å². The maximum Gasteiger partial charge on any atom is 0.0678 e. The standard InChI is InChI=1S/C15H30N2O/c1-12-10-17(11-13(2)18-12)15-9-7-5-4-6-8-14(15)16-3/h12-16H,4-11H2,1-3H3/t12-,13+,14?,15?. The third-order valence-electron chi connectivity index (χ3n) is 4.52. The summed E-state index contributed by atoms with van der Waals surface area (Å²) >= 11 is 0. The molecule has 1 aliphatic heterocycles. The lowest BCUT2D eigenvalue weighted by Gasteiger charge is -2.44. The highest BCUT2D eigenvalue weighted by molar-refractivity contribution is 4.88. The second-order valence-corrected chi connectivity index (χ2v) is 6.17. The molecule has 18 heavy (non-hydrogen) atoms. The minimum atomic E-state index is 0.386. The topological polar surface area (TPSA) is 24.5 Å². The Morgan fingerprint density at radius 1 is 0.944 bits per heavy atom. The van der Waals surface area contributed by atoms with Crippen LogP contribution in [0.15, 0.2) is 0 Å². The monoisotopic (exact) mass is 254 g/mol. The number of nitrogens with zero attached hydrogens (tertiary/aromatic N) is 1. The lowest BCUT2D eigenvalue weighted by Crippen LogP contribution is -2.56. The molecule has 0 aromatic heterocycles. The third kappa shape index (κ3) is 3.69. The van der Waals surface area contributed by atoms with Crippen molar-refractivity contribution in [1.82, 2.24) is 10.2 Å². The molecule has 2 unspecified atom stereocenters. The molecule has 0 bridgehead atoms. The van der Waals surface area contributed by atoms with E-state index in [1.54, 1.807) is 0 Å². The van der Waals surface area contributed by atoms with Crippen molar-refractivity contribution in [3.63, 3.8) is 0 Å². The van der Waals surface area contributed by atoms with E-state index in [-0.39, 0.29) is 0 Å². The van der Waals surface area contributed by atoms with E-state index in [9.17, 15) is 0 Å². The van der Waals surface area contributed by atoms with Gasteiger partial charge in [-0.3, -0.25) is 4.90 Å². The zero-order valence-electron chi connectivity index (χ0n) is 12.3. The molecular weight excluding hydrogens is 224 g/mol. The van der Waals surface area contributed by atoms with E-state index in [0.29, 0.717) is 24.3 Å². The summed E-state index contributed by atoms with van der Waals surface area (Å²) in [5.41, 5.74) is 0. The van der Waals surface area contributed by atoms with E-state index in [2.05, 4.69) is 31.1 Å². The van der Waals surface area contributed by atoms with Crippen LogP contribution in [-0.2, 0) is 4.74 Å². The van der Waals surface area contributed by atoms with Gasteiger partial charge in [-0.2, -0.15) is 0 Å². The van der Waals surface area contributed by atoms with Crippen LogP contribution in [0.1, 0.15) is 52.4 Å². The average molecular weight is 254 g/mol. The van der Waals surface area contributed by atoms with Crippen molar-refractivity contribution in [2.75, 3.05) is 20.1 Å². The molecule has 3 nitrogen and oxygen atoms in total. The van der Waals surface area contributed by atoms with Crippen molar-refractivity contribution in [1.29, 1.82) is 0 Å². The SMILES string of the molecule is CNC1CCCCCCC1N1C[C@@H](C)O[C@@H](C)C1. The second kappa shape index (κ2) is 6.88. The molecule has 2 rings (SSSR count). The first kappa shape index (κ1) is 14.3. The minimum Gasteiger partial charge on any atom is -0.373 e. The van der Waals surface area contributed by atoms with E-state index in [1.807, 2.05) is 0 Å². The number of hydrogen-bond acceptors (Lipinski definition) is 3. The molecule has 1 aliphatic carbocycles. The van der Waals surface area contributed by atoms with Crippen LogP contribution in [-0.4, -0.2) is 49.3 Å². The summed E-state index contributed by atoms with van der Waals surface area (Å²) in [5.74, 6) is 0. The van der Waals surface area contributed by atoms with Crippen LogP contribution in [0.4, 0.5) is 0 Å². The Morgan fingerprint density at radius 3 is 2.17 bits per heavy atom. The van der Waals surface area contributed by atoms with Crippen LogP contribution < -0.4 is 5.32 Å². The first-order valence-electron chi connectivity index (χ1n) is 7.77. The second-order valence-electron chi connectivity index (χ2n) is 6.17. The summed E-state index contributed by atoms with van der Waals surface area (Å²) in [6.07, 6.45) is 9.07. The number of rotatable bonds is 2. The quantitative estimate of drug-likeness (QED) is 0.819. The zero-order valence-corrected chi connectivity index (χ0v) is 12.3. The number of morpholine rings is 1. The van der Waals surface area contributed by atoms with Crippen molar-refractivity contribution >= 4 is 0 Å². The van der Waals surface area contributed by atoms with Crippen LogP contribution >= 0.6 is 0 Å². The van der Waals surface area contributed by atoms with Gasteiger partial charge >= 0.3 is 0 Å². The molecule has 0 aromatic carbocycles. The van der Waals surface area contributed by atoms with Gasteiger partial charge in [0.2, 0.25) is 0 Å². The fraction of sp³-hybridized carbons (Fsp3) is 1.00. The molecular formula is C15H30N2O. The van der Waals surface area contributed by atoms with Gasteiger partial charge in [-0.05, 0) is 33.7 Å². The van der Waals surface area contributed by atoms with Crippen molar-refractivity contribution in [3.05, 3.63) is 0 Å². The number of likely N-dealkylation sites (N-methyl/N-ethyl adjacent to an activating group) is 1. The van der Waals surface area contributed by atoms with Crippen LogP contribution in [0.25, 0.3) is 0 Å². The summed E-state index contributed by atoms with van der Waals surface area (Å²) in [5, 5.41) is 3.57. The summed E-state index contributed by atoms with van der Waals surface area (Å²) in [7, 11) is 2.13. The Kier molecular flexibility index (Phi) is 5.46. The van der Waals surface area contributed by atoms with Gasteiger partial charge in [0.15, 0.2) is 0 Å². The highest BCUT2D eigenvalue weighted by atomic mass is 16.5. The highest BCUT2D eigenvalue weighted by Crippen LogP contribution is 2.24. The van der Waals surface area contributed by atoms with Gasteiger partial charge in [0.25, 0.3) is 0 Å². The summed E-state index contributed by atoms with van der Waals surface area (Å²) in [4.78, 5) is 2.69. The third-order valence-corrected chi connectivity index (χ3v) is 4.52. The van der Waals surface area contributed by atoms with Crippen LogP contribution in [0.2, 0.25) is 0 Å². The normalized spacial score (nSPS) is 40.2. The molecule has 0 aromatic rings. The van der Waals surface area contributed by atoms with Gasteiger partial charge in [-0.25, -0.2) is 0 Å². The maximum absolute atomic E-state index is 5.87. The van der Waals surface area contributed by atoms with Gasteiger partial charge < -0.3 is 10.1 Å². The maximum atomic E-state index is 5.87. The lowest BCUT2D eigenvalue weighted by atomic mass is 9.90. The average Bonchev–Trinajstić information content (AvgIpc) is 2.27. The van der Waals surface area contributed by atoms with Gasteiger partial charge in [0.05, 0.1) is 12.2 Å². The Hall–Kier alpha value is -0.120.